The van der Waals surface area contributed by atoms with Crippen LogP contribution < -0.4 is 0 Å². The first-order valence-electron chi connectivity index (χ1n) is 10.5. The number of sulfonamides is 1. The highest BCUT2D eigenvalue weighted by molar-refractivity contribution is 7.89. The summed E-state index contributed by atoms with van der Waals surface area (Å²) < 4.78 is 43.1. The van der Waals surface area contributed by atoms with Crippen LogP contribution in [0.4, 0.5) is 4.39 Å². The average molecular weight is 443 g/mol. The number of nitrogens with zero attached hydrogens (tertiary/aromatic N) is 4. The predicted molar refractivity (Wildman–Crippen MR) is 117 cm³/mol. The van der Waals surface area contributed by atoms with Gasteiger partial charge in [-0.1, -0.05) is 12.1 Å². The van der Waals surface area contributed by atoms with Crippen molar-refractivity contribution in [1.29, 1.82) is 0 Å². The van der Waals surface area contributed by atoms with Crippen LogP contribution in [0.1, 0.15) is 47.5 Å². The van der Waals surface area contributed by atoms with E-state index in [-0.39, 0.29) is 16.6 Å². The van der Waals surface area contributed by atoms with Gasteiger partial charge in [-0.05, 0) is 69.0 Å². The van der Waals surface area contributed by atoms with E-state index in [2.05, 4.69) is 10.1 Å². The number of hydrogen-bond donors (Lipinski definition) is 0. The van der Waals surface area contributed by atoms with Crippen molar-refractivity contribution in [2.75, 3.05) is 13.1 Å². The molecule has 1 fully saturated rings. The van der Waals surface area contributed by atoms with E-state index >= 15 is 0 Å². The molecule has 4 rings (SSSR count). The van der Waals surface area contributed by atoms with E-state index in [1.807, 2.05) is 32.0 Å². The van der Waals surface area contributed by atoms with Gasteiger partial charge in [0, 0.05) is 43.1 Å². The number of hydrogen-bond acceptors (Lipinski definition) is 4. The van der Waals surface area contributed by atoms with E-state index in [1.54, 1.807) is 23.9 Å². The highest BCUT2D eigenvalue weighted by atomic mass is 32.2. The molecular formula is C23H27FN4O2S. The summed E-state index contributed by atoms with van der Waals surface area (Å²) in [6, 6.07) is 10.6. The summed E-state index contributed by atoms with van der Waals surface area (Å²) in [5, 5.41) is 4.29. The van der Waals surface area contributed by atoms with Crippen LogP contribution in [0.2, 0.25) is 0 Å². The van der Waals surface area contributed by atoms with Crippen LogP contribution in [0.25, 0.3) is 0 Å². The standard InChI is InChI=1S/C23H27FN4O2S/c1-4-27-15-23(17(3)26-27)31(29,30)28-9-8-20(14-28)22-13-19(10-16(2)25-22)11-18-6-5-7-21(24)12-18/h5-7,10,12-13,15,20H,4,8-9,11,14H2,1-3H3. The van der Waals surface area contributed by atoms with Gasteiger partial charge in [0.05, 0.1) is 5.69 Å². The Bertz CT molecular complexity index is 1210. The monoisotopic (exact) mass is 442 g/mol. The number of benzene rings is 1. The van der Waals surface area contributed by atoms with Crippen molar-refractivity contribution in [2.24, 2.45) is 0 Å². The number of rotatable bonds is 6. The summed E-state index contributed by atoms with van der Waals surface area (Å²) in [4.78, 5) is 4.96. The van der Waals surface area contributed by atoms with E-state index in [0.717, 1.165) is 28.9 Å². The maximum absolute atomic E-state index is 13.5. The molecule has 0 saturated carbocycles. The summed E-state index contributed by atoms with van der Waals surface area (Å²) in [5.74, 6) is -0.218. The fraction of sp³-hybridized carbons (Fsp3) is 0.391. The minimum atomic E-state index is -3.59. The number of pyridine rings is 1. The quantitative estimate of drug-likeness (QED) is 0.582. The fourth-order valence-electron chi connectivity index (χ4n) is 4.20. The minimum absolute atomic E-state index is 0.0301. The van der Waals surface area contributed by atoms with Crippen molar-refractivity contribution in [2.45, 2.75) is 51.0 Å². The third kappa shape index (κ3) is 4.55. The zero-order valence-electron chi connectivity index (χ0n) is 18.0. The summed E-state index contributed by atoms with van der Waals surface area (Å²) in [5.41, 5.74) is 4.25. The second-order valence-corrected chi connectivity index (χ2v) is 10.0. The molecule has 3 aromatic rings. The SMILES string of the molecule is CCn1cc(S(=O)(=O)N2CCC(c3cc(Cc4cccc(F)c4)cc(C)n3)C2)c(C)n1. The summed E-state index contributed by atoms with van der Waals surface area (Å²) >= 11 is 0. The molecule has 31 heavy (non-hydrogen) atoms. The van der Waals surface area contributed by atoms with Crippen molar-refractivity contribution >= 4 is 10.0 Å². The molecule has 1 aliphatic rings. The first-order chi connectivity index (χ1) is 14.8. The summed E-state index contributed by atoms with van der Waals surface area (Å²) in [6.07, 6.45) is 2.94. The second-order valence-electron chi connectivity index (χ2n) is 8.13. The van der Waals surface area contributed by atoms with E-state index in [4.69, 9.17) is 0 Å². The van der Waals surface area contributed by atoms with E-state index in [0.29, 0.717) is 31.7 Å². The van der Waals surface area contributed by atoms with E-state index in [1.165, 1.54) is 16.4 Å². The number of aromatic nitrogens is 3. The first-order valence-corrected chi connectivity index (χ1v) is 12.0. The van der Waals surface area contributed by atoms with Crippen molar-refractivity contribution in [3.05, 3.63) is 76.6 Å². The molecule has 0 bridgehead atoms. The van der Waals surface area contributed by atoms with Crippen LogP contribution >= 0.6 is 0 Å². The molecule has 6 nitrogen and oxygen atoms in total. The van der Waals surface area contributed by atoms with Crippen molar-refractivity contribution in [1.82, 2.24) is 19.1 Å². The van der Waals surface area contributed by atoms with Crippen molar-refractivity contribution in [3.63, 3.8) is 0 Å². The summed E-state index contributed by atoms with van der Waals surface area (Å²) in [7, 11) is -3.59. The zero-order valence-corrected chi connectivity index (χ0v) is 18.9. The Balaban J connectivity index is 1.55. The molecule has 3 heterocycles. The lowest BCUT2D eigenvalue weighted by Gasteiger charge is -2.16. The van der Waals surface area contributed by atoms with Gasteiger partial charge >= 0.3 is 0 Å². The van der Waals surface area contributed by atoms with Gasteiger partial charge in [0.25, 0.3) is 0 Å². The van der Waals surface area contributed by atoms with E-state index < -0.39 is 10.0 Å². The maximum atomic E-state index is 13.5. The van der Waals surface area contributed by atoms with Gasteiger partial charge in [0.1, 0.15) is 10.7 Å². The van der Waals surface area contributed by atoms with Crippen LogP contribution in [0.5, 0.6) is 0 Å². The highest BCUT2D eigenvalue weighted by Gasteiger charge is 2.35. The molecule has 0 spiro atoms. The second kappa shape index (κ2) is 8.51. The Morgan fingerprint density at radius 3 is 2.68 bits per heavy atom. The molecule has 2 aromatic heterocycles. The molecule has 1 unspecified atom stereocenters. The molecule has 1 atom stereocenters. The highest BCUT2D eigenvalue weighted by Crippen LogP contribution is 2.32. The molecule has 1 aromatic carbocycles. The number of aryl methyl sites for hydroxylation is 3. The first kappa shape index (κ1) is 21.6. The van der Waals surface area contributed by atoms with Crippen molar-refractivity contribution < 1.29 is 12.8 Å². The Labute approximate surface area is 182 Å². The van der Waals surface area contributed by atoms with Gasteiger partial charge in [-0.3, -0.25) is 9.67 Å². The summed E-state index contributed by atoms with van der Waals surface area (Å²) in [6.45, 7) is 7.07. The molecular weight excluding hydrogens is 415 g/mol. The lowest BCUT2D eigenvalue weighted by molar-refractivity contribution is 0.471. The predicted octanol–water partition coefficient (Wildman–Crippen LogP) is 3.82. The number of halogens is 1. The third-order valence-electron chi connectivity index (χ3n) is 5.74. The van der Waals surface area contributed by atoms with Crippen LogP contribution in [0.3, 0.4) is 0 Å². The van der Waals surface area contributed by atoms with Crippen LogP contribution in [0, 0.1) is 19.7 Å². The van der Waals surface area contributed by atoms with Crippen LogP contribution in [0.15, 0.2) is 47.5 Å². The molecule has 1 saturated heterocycles. The normalized spacial score (nSPS) is 17.4. The van der Waals surface area contributed by atoms with Gasteiger partial charge in [-0.2, -0.15) is 9.40 Å². The lowest BCUT2D eigenvalue weighted by atomic mass is 9.98. The van der Waals surface area contributed by atoms with Crippen LogP contribution in [-0.4, -0.2) is 40.6 Å². The molecule has 164 valence electrons. The van der Waals surface area contributed by atoms with Crippen molar-refractivity contribution in [3.8, 4) is 0 Å². The average Bonchev–Trinajstić information content (AvgIpc) is 3.35. The third-order valence-corrected chi connectivity index (χ3v) is 7.71. The van der Waals surface area contributed by atoms with Gasteiger partial charge < -0.3 is 0 Å². The Morgan fingerprint density at radius 1 is 1.16 bits per heavy atom. The fourth-order valence-corrected chi connectivity index (χ4v) is 5.87. The molecule has 8 heteroatoms. The zero-order chi connectivity index (χ0) is 22.2. The molecule has 0 N–H and O–H groups in total. The lowest BCUT2D eigenvalue weighted by Crippen LogP contribution is -2.29. The van der Waals surface area contributed by atoms with Gasteiger partial charge in [0.2, 0.25) is 10.0 Å². The smallest absolute Gasteiger partial charge is 0.246 e. The Hall–Kier alpha value is -2.58. The van der Waals surface area contributed by atoms with Gasteiger partial charge in [-0.25, -0.2) is 12.8 Å². The molecule has 0 aliphatic carbocycles. The van der Waals surface area contributed by atoms with Gasteiger partial charge in [-0.15, -0.1) is 0 Å². The van der Waals surface area contributed by atoms with Gasteiger partial charge in [0.15, 0.2) is 0 Å². The molecule has 0 amide bonds. The van der Waals surface area contributed by atoms with E-state index in [9.17, 15) is 12.8 Å². The Morgan fingerprint density at radius 2 is 1.97 bits per heavy atom. The van der Waals surface area contributed by atoms with Crippen LogP contribution in [-0.2, 0) is 23.0 Å². The maximum Gasteiger partial charge on any atom is 0.246 e. The largest absolute Gasteiger partial charge is 0.271 e. The molecule has 1 aliphatic heterocycles. The minimum Gasteiger partial charge on any atom is -0.271 e. The topological polar surface area (TPSA) is 68.1 Å². The molecule has 0 radical (unpaired) electrons. The Kier molecular flexibility index (Phi) is 5.94.